The van der Waals surface area contributed by atoms with Gasteiger partial charge in [0.05, 0.1) is 23.4 Å². The molecular formula is C15H10ClF5N2O2. The Hall–Kier alpha value is -2.42. The molecule has 2 rings (SSSR count). The molecule has 0 amide bonds. The predicted octanol–water partition coefficient (Wildman–Crippen LogP) is 4.38. The SMILES string of the molecule is COC(=O)c1nc(-c2ccc(C(F)(F)F)c(F)c2C)c(F)c(N)c1Cl. The summed E-state index contributed by atoms with van der Waals surface area (Å²) in [7, 11) is 1.02. The number of alkyl halides is 3. The van der Waals surface area contributed by atoms with E-state index in [-0.39, 0.29) is 5.56 Å². The van der Waals surface area contributed by atoms with Gasteiger partial charge >= 0.3 is 12.1 Å². The Balaban J connectivity index is 2.77. The van der Waals surface area contributed by atoms with Gasteiger partial charge in [-0.15, -0.1) is 0 Å². The molecule has 0 aliphatic carbocycles. The van der Waals surface area contributed by atoms with Gasteiger partial charge in [-0.25, -0.2) is 18.6 Å². The summed E-state index contributed by atoms with van der Waals surface area (Å²) in [6.07, 6.45) is -4.92. The molecule has 10 heteroatoms. The third kappa shape index (κ3) is 3.23. The number of hydrogen-bond donors (Lipinski definition) is 1. The van der Waals surface area contributed by atoms with Crippen LogP contribution < -0.4 is 5.73 Å². The second-order valence-corrected chi connectivity index (χ2v) is 5.32. The maximum Gasteiger partial charge on any atom is 0.419 e. The van der Waals surface area contributed by atoms with E-state index in [9.17, 15) is 26.7 Å². The standard InChI is InChI=1S/C15H10ClF5N2O2/c1-5-6(3-4-7(9(5)17)15(19,20)21)12-10(18)11(22)8(16)13(23-12)14(24)25-2/h3-4H,1-2H3,(H2,22,23). The smallest absolute Gasteiger partial charge is 0.419 e. The molecule has 1 aromatic heterocycles. The van der Waals surface area contributed by atoms with E-state index in [4.69, 9.17) is 17.3 Å². The summed E-state index contributed by atoms with van der Waals surface area (Å²) in [6.45, 7) is 1.02. The van der Waals surface area contributed by atoms with Crippen LogP contribution in [-0.4, -0.2) is 18.1 Å². The van der Waals surface area contributed by atoms with Gasteiger partial charge in [0.25, 0.3) is 0 Å². The number of anilines is 1. The Morgan fingerprint density at radius 3 is 2.36 bits per heavy atom. The van der Waals surface area contributed by atoms with Crippen molar-refractivity contribution < 1.29 is 31.5 Å². The first kappa shape index (κ1) is 18.9. The summed E-state index contributed by atoms with van der Waals surface area (Å²) in [5.41, 5.74) is 1.32. The molecule has 1 aromatic carbocycles. The zero-order valence-electron chi connectivity index (χ0n) is 12.8. The van der Waals surface area contributed by atoms with E-state index in [2.05, 4.69) is 9.72 Å². The van der Waals surface area contributed by atoms with Crippen LogP contribution >= 0.6 is 11.6 Å². The number of aromatic nitrogens is 1. The third-order valence-electron chi connectivity index (χ3n) is 3.44. The maximum absolute atomic E-state index is 14.4. The lowest BCUT2D eigenvalue weighted by Gasteiger charge is -2.15. The summed E-state index contributed by atoms with van der Waals surface area (Å²) in [4.78, 5) is 15.3. The number of methoxy groups -OCH3 is 1. The molecule has 134 valence electrons. The van der Waals surface area contributed by atoms with Gasteiger partial charge in [-0.2, -0.15) is 13.2 Å². The minimum Gasteiger partial charge on any atom is -0.464 e. The van der Waals surface area contributed by atoms with Crippen molar-refractivity contribution in [1.82, 2.24) is 4.98 Å². The summed E-state index contributed by atoms with van der Waals surface area (Å²) >= 11 is 5.74. The highest BCUT2D eigenvalue weighted by atomic mass is 35.5. The van der Waals surface area contributed by atoms with E-state index < -0.39 is 57.0 Å². The predicted molar refractivity (Wildman–Crippen MR) is 80.1 cm³/mol. The molecule has 0 bridgehead atoms. The van der Waals surface area contributed by atoms with Gasteiger partial charge in [0, 0.05) is 5.56 Å². The largest absolute Gasteiger partial charge is 0.464 e. The molecule has 4 nitrogen and oxygen atoms in total. The molecular weight excluding hydrogens is 371 g/mol. The second-order valence-electron chi connectivity index (χ2n) is 4.94. The summed E-state index contributed by atoms with van der Waals surface area (Å²) < 4.78 is 71.1. The van der Waals surface area contributed by atoms with Crippen molar-refractivity contribution in [3.63, 3.8) is 0 Å². The van der Waals surface area contributed by atoms with Gasteiger partial charge in [0.2, 0.25) is 0 Å². The Labute approximate surface area is 143 Å². The molecule has 2 N–H and O–H groups in total. The van der Waals surface area contributed by atoms with Crippen LogP contribution in [0.25, 0.3) is 11.3 Å². The Bertz CT molecular complexity index is 868. The van der Waals surface area contributed by atoms with Gasteiger partial charge in [-0.1, -0.05) is 17.7 Å². The van der Waals surface area contributed by atoms with Crippen molar-refractivity contribution in [2.45, 2.75) is 13.1 Å². The fourth-order valence-electron chi connectivity index (χ4n) is 2.13. The van der Waals surface area contributed by atoms with Crippen LogP contribution in [0.15, 0.2) is 12.1 Å². The average Bonchev–Trinajstić information content (AvgIpc) is 2.54. The molecule has 0 saturated carbocycles. The molecule has 0 spiro atoms. The molecule has 0 saturated heterocycles. The number of carbonyl (C=O) groups is 1. The van der Waals surface area contributed by atoms with E-state index >= 15 is 0 Å². The van der Waals surface area contributed by atoms with Crippen molar-refractivity contribution in [3.05, 3.63) is 45.6 Å². The first-order valence-electron chi connectivity index (χ1n) is 6.60. The molecule has 0 aliphatic heterocycles. The van der Waals surface area contributed by atoms with Gasteiger partial charge in [-0.05, 0) is 18.6 Å². The van der Waals surface area contributed by atoms with Gasteiger partial charge in [0.15, 0.2) is 11.5 Å². The van der Waals surface area contributed by atoms with Crippen LogP contribution in [0.3, 0.4) is 0 Å². The van der Waals surface area contributed by atoms with E-state index in [0.717, 1.165) is 20.1 Å². The lowest BCUT2D eigenvalue weighted by atomic mass is 9.99. The van der Waals surface area contributed by atoms with E-state index in [1.165, 1.54) is 0 Å². The first-order chi connectivity index (χ1) is 11.5. The highest BCUT2D eigenvalue weighted by Gasteiger charge is 2.35. The average molecular weight is 381 g/mol. The molecule has 0 unspecified atom stereocenters. The zero-order valence-corrected chi connectivity index (χ0v) is 13.5. The molecule has 1 heterocycles. The van der Waals surface area contributed by atoms with E-state index in [1.807, 2.05) is 0 Å². The molecule has 0 fully saturated rings. The highest BCUT2D eigenvalue weighted by Crippen LogP contribution is 2.38. The van der Waals surface area contributed by atoms with E-state index in [0.29, 0.717) is 6.07 Å². The number of ether oxygens (including phenoxy) is 1. The third-order valence-corrected chi connectivity index (χ3v) is 3.82. The fraction of sp³-hybridized carbons (Fsp3) is 0.200. The number of carbonyl (C=O) groups excluding carboxylic acids is 1. The van der Waals surface area contributed by atoms with Gasteiger partial charge < -0.3 is 10.5 Å². The first-order valence-corrected chi connectivity index (χ1v) is 6.97. The summed E-state index contributed by atoms with van der Waals surface area (Å²) in [6, 6.07) is 1.28. The number of benzene rings is 1. The Morgan fingerprint density at radius 1 is 1.24 bits per heavy atom. The molecule has 25 heavy (non-hydrogen) atoms. The monoisotopic (exact) mass is 380 g/mol. The quantitative estimate of drug-likeness (QED) is 0.620. The molecule has 2 aromatic rings. The van der Waals surface area contributed by atoms with Crippen molar-refractivity contribution in [2.24, 2.45) is 0 Å². The molecule has 0 aliphatic rings. The highest BCUT2D eigenvalue weighted by molar-refractivity contribution is 6.35. The summed E-state index contributed by atoms with van der Waals surface area (Å²) in [5, 5.41) is -0.516. The zero-order chi connectivity index (χ0) is 19.1. The Morgan fingerprint density at radius 2 is 1.84 bits per heavy atom. The maximum atomic E-state index is 14.4. The number of nitrogens with two attached hydrogens (primary N) is 1. The lowest BCUT2D eigenvalue weighted by Crippen LogP contribution is -2.12. The van der Waals surface area contributed by atoms with Crippen LogP contribution in [0.1, 0.15) is 21.6 Å². The number of nitrogen functional groups attached to an aromatic ring is 1. The van der Waals surface area contributed by atoms with Gasteiger partial charge in [0.1, 0.15) is 11.5 Å². The number of pyridine rings is 1. The number of nitrogens with zero attached hydrogens (tertiary/aromatic N) is 1. The number of esters is 1. The van der Waals surface area contributed by atoms with Crippen molar-refractivity contribution in [3.8, 4) is 11.3 Å². The van der Waals surface area contributed by atoms with Crippen LogP contribution in [0.2, 0.25) is 5.02 Å². The van der Waals surface area contributed by atoms with Crippen molar-refractivity contribution in [2.75, 3.05) is 12.8 Å². The minimum atomic E-state index is -4.92. The minimum absolute atomic E-state index is 0.309. The number of halogens is 6. The molecule has 0 atom stereocenters. The van der Waals surface area contributed by atoms with E-state index in [1.54, 1.807) is 0 Å². The van der Waals surface area contributed by atoms with Crippen LogP contribution in [0, 0.1) is 18.6 Å². The van der Waals surface area contributed by atoms with Crippen molar-refractivity contribution in [1.29, 1.82) is 0 Å². The normalized spacial score (nSPS) is 11.5. The molecule has 0 radical (unpaired) electrons. The fourth-order valence-corrected chi connectivity index (χ4v) is 2.33. The Kier molecular flexibility index (Phi) is 4.90. The van der Waals surface area contributed by atoms with Crippen LogP contribution in [0.5, 0.6) is 0 Å². The number of rotatable bonds is 2. The number of hydrogen-bond acceptors (Lipinski definition) is 4. The van der Waals surface area contributed by atoms with Crippen molar-refractivity contribution >= 4 is 23.3 Å². The topological polar surface area (TPSA) is 65.2 Å². The van der Waals surface area contributed by atoms with Gasteiger partial charge in [-0.3, -0.25) is 0 Å². The second kappa shape index (κ2) is 6.47. The van der Waals surface area contributed by atoms with Crippen LogP contribution in [-0.2, 0) is 10.9 Å². The summed E-state index contributed by atoms with van der Waals surface area (Å²) in [5.74, 6) is -3.82. The lowest BCUT2D eigenvalue weighted by molar-refractivity contribution is -0.140. The van der Waals surface area contributed by atoms with Crippen LogP contribution in [0.4, 0.5) is 27.6 Å².